The van der Waals surface area contributed by atoms with Gasteiger partial charge in [0.1, 0.15) is 0 Å². The third-order valence-corrected chi connectivity index (χ3v) is 2.32. The number of allylic oxidation sites excluding steroid dienone is 2. The van der Waals surface area contributed by atoms with E-state index in [-0.39, 0.29) is 17.9 Å². The monoisotopic (exact) mass is 203 g/mol. The van der Waals surface area contributed by atoms with Gasteiger partial charge < -0.3 is 5.41 Å². The summed E-state index contributed by atoms with van der Waals surface area (Å²) < 4.78 is 26.9. The van der Waals surface area contributed by atoms with Crippen molar-refractivity contribution in [3.05, 3.63) is 11.1 Å². The second-order valence-electron chi connectivity index (χ2n) is 3.83. The van der Waals surface area contributed by atoms with E-state index in [4.69, 9.17) is 5.41 Å². The second-order valence-corrected chi connectivity index (χ2v) is 3.83. The van der Waals surface area contributed by atoms with Crippen molar-refractivity contribution >= 4 is 6.21 Å². The number of rotatable bonds is 5. The lowest BCUT2D eigenvalue weighted by Crippen LogP contribution is -2.20. The van der Waals surface area contributed by atoms with E-state index < -0.39 is 5.92 Å². The standard InChI is InChI=1S/C11H19F2N/c1-5-6-11(12,13)9(4)10(7-14)8(2)3/h7-8,14H,5-6H2,1-4H3/b10-9-,14-7?. The van der Waals surface area contributed by atoms with Crippen LogP contribution in [0.25, 0.3) is 0 Å². The Kier molecular flexibility index (Phi) is 4.95. The van der Waals surface area contributed by atoms with E-state index in [0.29, 0.717) is 12.0 Å². The van der Waals surface area contributed by atoms with Crippen LogP contribution in [0.5, 0.6) is 0 Å². The molecular formula is C11H19F2N. The van der Waals surface area contributed by atoms with Crippen LogP contribution in [-0.4, -0.2) is 12.1 Å². The summed E-state index contributed by atoms with van der Waals surface area (Å²) >= 11 is 0. The summed E-state index contributed by atoms with van der Waals surface area (Å²) in [6.07, 6.45) is 1.36. The summed E-state index contributed by atoms with van der Waals surface area (Å²) in [6.45, 7) is 6.81. The Balaban J connectivity index is 5.02. The predicted octanol–water partition coefficient (Wildman–Crippen LogP) is 4.04. The van der Waals surface area contributed by atoms with Crippen LogP contribution in [0.1, 0.15) is 40.5 Å². The quantitative estimate of drug-likeness (QED) is 0.652. The lowest BCUT2D eigenvalue weighted by molar-refractivity contribution is 0.0305. The largest absolute Gasteiger partial charge is 0.308 e. The van der Waals surface area contributed by atoms with Gasteiger partial charge >= 0.3 is 0 Å². The molecule has 0 aliphatic carbocycles. The third-order valence-electron chi connectivity index (χ3n) is 2.32. The average Bonchev–Trinajstić information content (AvgIpc) is 2.04. The van der Waals surface area contributed by atoms with E-state index >= 15 is 0 Å². The smallest absolute Gasteiger partial charge is 0.269 e. The minimum absolute atomic E-state index is 0.0183. The van der Waals surface area contributed by atoms with Gasteiger partial charge in [-0.2, -0.15) is 0 Å². The Morgan fingerprint density at radius 3 is 2.21 bits per heavy atom. The lowest BCUT2D eigenvalue weighted by atomic mass is 9.93. The Bertz CT molecular complexity index is 229. The zero-order chi connectivity index (χ0) is 11.4. The molecule has 1 nitrogen and oxygen atoms in total. The van der Waals surface area contributed by atoms with Crippen molar-refractivity contribution in [1.82, 2.24) is 0 Å². The van der Waals surface area contributed by atoms with Gasteiger partial charge in [-0.3, -0.25) is 0 Å². The highest BCUT2D eigenvalue weighted by Gasteiger charge is 2.32. The van der Waals surface area contributed by atoms with Crippen molar-refractivity contribution < 1.29 is 8.78 Å². The lowest BCUT2D eigenvalue weighted by Gasteiger charge is -2.20. The molecule has 0 spiro atoms. The first kappa shape index (κ1) is 13.3. The van der Waals surface area contributed by atoms with Crippen LogP contribution >= 0.6 is 0 Å². The van der Waals surface area contributed by atoms with Crippen LogP contribution in [0.4, 0.5) is 8.78 Å². The summed E-state index contributed by atoms with van der Waals surface area (Å²) in [5, 5.41) is 7.12. The summed E-state index contributed by atoms with van der Waals surface area (Å²) in [5.41, 5.74) is 0.493. The molecule has 0 aromatic rings. The first-order chi connectivity index (χ1) is 6.36. The van der Waals surface area contributed by atoms with Gasteiger partial charge in [-0.1, -0.05) is 27.2 Å². The molecule has 0 radical (unpaired) electrons. The maximum Gasteiger partial charge on any atom is 0.269 e. The van der Waals surface area contributed by atoms with Gasteiger partial charge in [0.15, 0.2) is 0 Å². The van der Waals surface area contributed by atoms with Gasteiger partial charge in [0, 0.05) is 18.2 Å². The van der Waals surface area contributed by atoms with Crippen LogP contribution < -0.4 is 0 Å². The summed E-state index contributed by atoms with van der Waals surface area (Å²) in [4.78, 5) is 0. The summed E-state index contributed by atoms with van der Waals surface area (Å²) in [6, 6.07) is 0. The normalized spacial score (nSPS) is 14.2. The van der Waals surface area contributed by atoms with E-state index in [1.807, 2.05) is 13.8 Å². The number of nitrogens with one attached hydrogen (secondary N) is 1. The molecule has 0 heterocycles. The van der Waals surface area contributed by atoms with Crippen LogP contribution in [-0.2, 0) is 0 Å². The fourth-order valence-corrected chi connectivity index (χ4v) is 1.42. The molecule has 0 amide bonds. The zero-order valence-electron chi connectivity index (χ0n) is 9.32. The van der Waals surface area contributed by atoms with E-state index in [1.165, 1.54) is 6.92 Å². The van der Waals surface area contributed by atoms with E-state index in [1.54, 1.807) is 6.92 Å². The third kappa shape index (κ3) is 3.20. The molecule has 0 aromatic heterocycles. The Labute approximate surface area is 84.7 Å². The Morgan fingerprint density at radius 1 is 1.43 bits per heavy atom. The number of halogens is 2. The molecular weight excluding hydrogens is 184 g/mol. The van der Waals surface area contributed by atoms with Gasteiger partial charge in [0.05, 0.1) is 0 Å². The number of alkyl halides is 2. The Hall–Kier alpha value is -0.730. The minimum atomic E-state index is -2.76. The van der Waals surface area contributed by atoms with Crippen molar-refractivity contribution in [3.8, 4) is 0 Å². The molecule has 0 saturated carbocycles. The number of hydrogen-bond donors (Lipinski definition) is 1. The summed E-state index contributed by atoms with van der Waals surface area (Å²) in [5.74, 6) is -2.78. The van der Waals surface area contributed by atoms with Gasteiger partial charge in [-0.05, 0) is 18.4 Å². The Morgan fingerprint density at radius 2 is 1.93 bits per heavy atom. The van der Waals surface area contributed by atoms with Gasteiger partial charge in [-0.15, -0.1) is 0 Å². The van der Waals surface area contributed by atoms with Crippen LogP contribution in [0.3, 0.4) is 0 Å². The van der Waals surface area contributed by atoms with Crippen molar-refractivity contribution in [2.24, 2.45) is 5.92 Å². The molecule has 0 unspecified atom stereocenters. The highest BCUT2D eigenvalue weighted by Crippen LogP contribution is 2.32. The fourth-order valence-electron chi connectivity index (χ4n) is 1.42. The molecule has 0 saturated heterocycles. The zero-order valence-corrected chi connectivity index (χ0v) is 9.32. The van der Waals surface area contributed by atoms with Crippen molar-refractivity contribution in [3.63, 3.8) is 0 Å². The summed E-state index contributed by atoms with van der Waals surface area (Å²) in [7, 11) is 0. The van der Waals surface area contributed by atoms with E-state index in [2.05, 4.69) is 0 Å². The highest BCUT2D eigenvalue weighted by molar-refractivity contribution is 5.77. The second kappa shape index (κ2) is 5.23. The molecule has 1 N–H and O–H groups in total. The van der Waals surface area contributed by atoms with Crippen molar-refractivity contribution in [2.45, 2.75) is 46.5 Å². The maximum absolute atomic E-state index is 13.5. The molecule has 0 atom stereocenters. The van der Waals surface area contributed by atoms with Gasteiger partial charge in [0.25, 0.3) is 5.92 Å². The molecule has 0 aromatic carbocycles. The molecule has 0 aliphatic heterocycles. The predicted molar refractivity (Wildman–Crippen MR) is 56.2 cm³/mol. The average molecular weight is 203 g/mol. The molecule has 82 valence electrons. The van der Waals surface area contributed by atoms with Crippen LogP contribution in [0, 0.1) is 11.3 Å². The topological polar surface area (TPSA) is 23.9 Å². The van der Waals surface area contributed by atoms with Crippen molar-refractivity contribution in [1.29, 1.82) is 5.41 Å². The molecule has 0 bridgehead atoms. The maximum atomic E-state index is 13.5. The SMILES string of the molecule is CCCC(F)(F)/C(C)=C(/C=N)C(C)C. The highest BCUT2D eigenvalue weighted by atomic mass is 19.3. The first-order valence-electron chi connectivity index (χ1n) is 4.96. The molecule has 0 fully saturated rings. The van der Waals surface area contributed by atoms with E-state index in [0.717, 1.165) is 6.21 Å². The van der Waals surface area contributed by atoms with Gasteiger partial charge in [0.2, 0.25) is 0 Å². The minimum Gasteiger partial charge on any atom is -0.308 e. The van der Waals surface area contributed by atoms with Crippen LogP contribution in [0.15, 0.2) is 11.1 Å². The molecule has 14 heavy (non-hydrogen) atoms. The van der Waals surface area contributed by atoms with E-state index in [9.17, 15) is 8.78 Å². The molecule has 0 rings (SSSR count). The van der Waals surface area contributed by atoms with Crippen molar-refractivity contribution in [2.75, 3.05) is 0 Å². The fraction of sp³-hybridized carbons (Fsp3) is 0.727. The first-order valence-corrected chi connectivity index (χ1v) is 4.96. The number of hydrogen-bond acceptors (Lipinski definition) is 1. The van der Waals surface area contributed by atoms with Gasteiger partial charge in [-0.25, -0.2) is 8.78 Å². The molecule has 0 aliphatic rings. The van der Waals surface area contributed by atoms with Crippen LogP contribution in [0.2, 0.25) is 0 Å². The molecule has 3 heteroatoms.